The van der Waals surface area contributed by atoms with E-state index in [1.54, 1.807) is 0 Å². The van der Waals surface area contributed by atoms with Gasteiger partial charge in [0.05, 0.1) is 0 Å². The van der Waals surface area contributed by atoms with E-state index in [1.807, 2.05) is 0 Å². The molecule has 1 heteroatoms. The van der Waals surface area contributed by atoms with Crippen LogP contribution in [-0.4, -0.2) is 24.7 Å². The molecule has 14 heavy (non-hydrogen) atoms. The second-order valence-corrected chi connectivity index (χ2v) is 5.23. The molecule has 2 aromatic rings. The van der Waals surface area contributed by atoms with Crippen LogP contribution in [0, 0.1) is 0 Å². The summed E-state index contributed by atoms with van der Waals surface area (Å²) in [5.74, 6) is 0. The number of hydrogen-bond donors (Lipinski definition) is 0. The van der Waals surface area contributed by atoms with Gasteiger partial charge in [0.2, 0.25) is 0 Å². The fraction of sp³-hybridized carbons (Fsp3) is 0.0769. The van der Waals surface area contributed by atoms with E-state index < -0.39 is 0 Å². The Morgan fingerprint density at radius 3 is 1.36 bits per heavy atom. The van der Waals surface area contributed by atoms with Crippen molar-refractivity contribution in [2.24, 2.45) is 0 Å². The Bertz CT molecular complexity index is 341. The van der Waals surface area contributed by atoms with Gasteiger partial charge in [-0.05, 0) is 0 Å². The molecule has 0 saturated carbocycles. The van der Waals surface area contributed by atoms with Gasteiger partial charge in [-0.25, -0.2) is 0 Å². The normalized spacial score (nSPS) is 10.4. The second-order valence-electron chi connectivity index (χ2n) is 3.22. The van der Waals surface area contributed by atoms with E-state index in [2.05, 4.69) is 60.7 Å². The summed E-state index contributed by atoms with van der Waals surface area (Å²) in [7, 11) is 0. The van der Waals surface area contributed by atoms with Crippen LogP contribution >= 0.6 is 0 Å². The molecule has 0 atom stereocenters. The molecule has 0 aliphatic heterocycles. The Morgan fingerprint density at radius 1 is 0.643 bits per heavy atom. The van der Waals surface area contributed by atoms with Gasteiger partial charge in [0.25, 0.3) is 0 Å². The zero-order valence-electron chi connectivity index (χ0n) is 7.80. The van der Waals surface area contributed by atoms with Gasteiger partial charge in [0, 0.05) is 0 Å². The van der Waals surface area contributed by atoms with Crippen LogP contribution < -0.4 is 0 Å². The van der Waals surface area contributed by atoms with Crippen LogP contribution in [0.15, 0.2) is 60.7 Å². The maximum atomic E-state index is 2.21. The van der Waals surface area contributed by atoms with Gasteiger partial charge >= 0.3 is 100 Å². The third-order valence-corrected chi connectivity index (χ3v) is 4.55. The summed E-state index contributed by atoms with van der Waals surface area (Å²) in [6.45, 7) is 0. The van der Waals surface area contributed by atoms with E-state index in [-0.39, 0.29) is 0 Å². The fourth-order valence-electron chi connectivity index (χ4n) is 1.46. The predicted octanol–water partition coefficient (Wildman–Crippen LogP) is 2.94. The SMILES string of the molecule is [Bi+2][CH](c1ccccc1)c1ccccc1. The molecular formula is C13H11Bi+2. The van der Waals surface area contributed by atoms with E-state index in [4.69, 9.17) is 0 Å². The quantitative estimate of drug-likeness (QED) is 0.708. The molecule has 0 amide bonds. The van der Waals surface area contributed by atoms with Crippen LogP contribution in [-0.2, 0) is 0 Å². The maximum absolute atomic E-state index is 2.21. The summed E-state index contributed by atoms with van der Waals surface area (Å²) in [4.78, 5) is 0. The molecule has 0 heterocycles. The molecule has 0 fully saturated rings. The first-order valence-corrected chi connectivity index (χ1v) is 6.66. The average Bonchev–Trinajstić information content (AvgIpc) is 2.30. The van der Waals surface area contributed by atoms with Crippen LogP contribution in [0.5, 0.6) is 0 Å². The van der Waals surface area contributed by atoms with Gasteiger partial charge in [0.15, 0.2) is 0 Å². The molecule has 2 aromatic carbocycles. The molecule has 0 aromatic heterocycles. The standard InChI is InChI=1S/C13H11.Bi/c1-3-7-12(8-4-1)11-13-9-5-2-6-10-13;/h1-11H;/q;+2. The Hall–Kier alpha value is -0.677. The summed E-state index contributed by atoms with van der Waals surface area (Å²) < 4.78 is 0.595. The molecule has 2 rings (SSSR count). The Balaban J connectivity index is 2.30. The molecule has 0 aliphatic rings. The summed E-state index contributed by atoms with van der Waals surface area (Å²) in [6, 6.07) is 21.4. The van der Waals surface area contributed by atoms with Crippen molar-refractivity contribution in [2.45, 2.75) is 3.63 Å². The first kappa shape index (κ1) is 9.86. The average molecular weight is 376 g/mol. The summed E-state index contributed by atoms with van der Waals surface area (Å²) in [6.07, 6.45) is 0. The molecular weight excluding hydrogens is 365 g/mol. The van der Waals surface area contributed by atoms with Crippen molar-refractivity contribution in [2.75, 3.05) is 0 Å². The third kappa shape index (κ3) is 2.22. The minimum atomic E-state index is 0.595. The topological polar surface area (TPSA) is 0 Å². The number of benzene rings is 2. The molecule has 66 valence electrons. The minimum absolute atomic E-state index is 0.595. The van der Waals surface area contributed by atoms with E-state index in [0.29, 0.717) is 3.63 Å². The van der Waals surface area contributed by atoms with E-state index in [0.717, 1.165) is 0 Å². The van der Waals surface area contributed by atoms with Crippen molar-refractivity contribution < 1.29 is 0 Å². The predicted molar refractivity (Wildman–Crippen MR) is 60.5 cm³/mol. The number of hydrogen-bond acceptors (Lipinski definition) is 0. The number of rotatable bonds is 2. The second kappa shape index (κ2) is 4.71. The monoisotopic (exact) mass is 376 g/mol. The Morgan fingerprint density at radius 2 is 1.00 bits per heavy atom. The van der Waals surface area contributed by atoms with Gasteiger partial charge in [-0.2, -0.15) is 0 Å². The summed E-state index contributed by atoms with van der Waals surface area (Å²) in [5.41, 5.74) is 2.85. The van der Waals surface area contributed by atoms with Crippen molar-refractivity contribution in [1.29, 1.82) is 0 Å². The van der Waals surface area contributed by atoms with Crippen LogP contribution in [0.2, 0.25) is 0 Å². The first-order valence-electron chi connectivity index (χ1n) is 4.66. The van der Waals surface area contributed by atoms with Gasteiger partial charge < -0.3 is 0 Å². The molecule has 0 aliphatic carbocycles. The van der Waals surface area contributed by atoms with Crippen molar-refractivity contribution in [1.82, 2.24) is 0 Å². The van der Waals surface area contributed by atoms with Crippen molar-refractivity contribution in [3.8, 4) is 0 Å². The molecule has 0 N–H and O–H groups in total. The van der Waals surface area contributed by atoms with E-state index in [9.17, 15) is 0 Å². The molecule has 0 unspecified atom stereocenters. The van der Waals surface area contributed by atoms with Crippen LogP contribution in [0.1, 0.15) is 14.8 Å². The van der Waals surface area contributed by atoms with Gasteiger partial charge in [-0.3, -0.25) is 0 Å². The zero-order chi connectivity index (χ0) is 9.80. The van der Waals surface area contributed by atoms with Crippen LogP contribution in [0.3, 0.4) is 0 Å². The molecule has 0 bridgehead atoms. The van der Waals surface area contributed by atoms with Gasteiger partial charge in [0.1, 0.15) is 0 Å². The molecule has 0 spiro atoms. The van der Waals surface area contributed by atoms with Gasteiger partial charge in [-0.15, -0.1) is 0 Å². The molecule has 0 saturated heterocycles. The zero-order valence-corrected chi connectivity index (χ0v) is 11.3. The Kier molecular flexibility index (Phi) is 3.32. The third-order valence-electron chi connectivity index (χ3n) is 2.23. The fourth-order valence-corrected chi connectivity index (χ4v) is 2.80. The van der Waals surface area contributed by atoms with Gasteiger partial charge in [-0.1, -0.05) is 0 Å². The summed E-state index contributed by atoms with van der Waals surface area (Å²) >= 11 is 1.38. The molecule has 2 radical (unpaired) electrons. The van der Waals surface area contributed by atoms with Crippen molar-refractivity contribution in [3.63, 3.8) is 0 Å². The van der Waals surface area contributed by atoms with Crippen molar-refractivity contribution in [3.05, 3.63) is 71.8 Å². The Labute approximate surface area is 99.8 Å². The van der Waals surface area contributed by atoms with Crippen LogP contribution in [0.25, 0.3) is 0 Å². The summed E-state index contributed by atoms with van der Waals surface area (Å²) in [5, 5.41) is 0. The van der Waals surface area contributed by atoms with Crippen molar-refractivity contribution >= 4 is 24.7 Å². The van der Waals surface area contributed by atoms with E-state index >= 15 is 0 Å². The van der Waals surface area contributed by atoms with Crippen LogP contribution in [0.4, 0.5) is 0 Å². The molecule has 0 nitrogen and oxygen atoms in total. The van der Waals surface area contributed by atoms with E-state index in [1.165, 1.54) is 35.8 Å². The first-order chi connectivity index (χ1) is 6.88.